The van der Waals surface area contributed by atoms with Gasteiger partial charge in [-0.05, 0) is 47.3 Å². The summed E-state index contributed by atoms with van der Waals surface area (Å²) in [4.78, 5) is 9.38. The number of halogens is 2. The number of hydrogen-bond donors (Lipinski definition) is 1. The van der Waals surface area contributed by atoms with Crippen molar-refractivity contribution < 1.29 is 0 Å². The zero-order valence-electron chi connectivity index (χ0n) is 11.4. The van der Waals surface area contributed by atoms with Crippen LogP contribution in [-0.4, -0.2) is 17.0 Å². The first-order valence-electron chi connectivity index (χ1n) is 6.62. The summed E-state index contributed by atoms with van der Waals surface area (Å²) < 4.78 is 2.08. The van der Waals surface area contributed by atoms with Crippen molar-refractivity contribution in [1.29, 1.82) is 0 Å². The summed E-state index contributed by atoms with van der Waals surface area (Å²) in [5.41, 5.74) is 3.37. The van der Waals surface area contributed by atoms with Gasteiger partial charge in [-0.1, -0.05) is 28.1 Å². The van der Waals surface area contributed by atoms with Gasteiger partial charge in [-0.25, -0.2) is 9.97 Å². The molecule has 1 fully saturated rings. The summed E-state index contributed by atoms with van der Waals surface area (Å²) in [5, 5.41) is 3.14. The van der Waals surface area contributed by atoms with E-state index in [-0.39, 0.29) is 0 Å². The molecule has 1 N–H and O–H groups in total. The maximum atomic E-state index is 4.77. The van der Waals surface area contributed by atoms with Crippen LogP contribution in [0.4, 0.5) is 5.82 Å². The zero-order valence-corrected chi connectivity index (χ0v) is 14.5. The minimum atomic E-state index is 0.576. The quantitative estimate of drug-likeness (QED) is 0.801. The Morgan fingerprint density at radius 1 is 1.20 bits per heavy atom. The van der Waals surface area contributed by atoms with Crippen LogP contribution >= 0.6 is 31.9 Å². The van der Waals surface area contributed by atoms with Crippen molar-refractivity contribution in [2.24, 2.45) is 0 Å². The van der Waals surface area contributed by atoms with E-state index < -0.39 is 0 Å². The van der Waals surface area contributed by atoms with Crippen LogP contribution in [0.2, 0.25) is 0 Å². The fourth-order valence-corrected chi connectivity index (χ4v) is 3.20. The van der Waals surface area contributed by atoms with Crippen LogP contribution in [0.25, 0.3) is 11.4 Å². The summed E-state index contributed by atoms with van der Waals surface area (Å²) in [6.45, 7) is 2.07. The molecule has 3 nitrogen and oxygen atoms in total. The van der Waals surface area contributed by atoms with Gasteiger partial charge >= 0.3 is 0 Å². The molecule has 1 aliphatic carbocycles. The van der Waals surface area contributed by atoms with E-state index >= 15 is 0 Å². The highest BCUT2D eigenvalue weighted by molar-refractivity contribution is 9.11. The number of aryl methyl sites for hydroxylation is 1. The molecule has 0 bridgehead atoms. The first-order chi connectivity index (χ1) is 9.60. The number of anilines is 1. The normalized spacial score (nSPS) is 14.4. The summed E-state index contributed by atoms with van der Waals surface area (Å²) >= 11 is 7.19. The maximum absolute atomic E-state index is 4.77. The summed E-state index contributed by atoms with van der Waals surface area (Å²) in [6.07, 6.45) is 2.44. The van der Waals surface area contributed by atoms with Gasteiger partial charge in [0.1, 0.15) is 5.82 Å². The van der Waals surface area contributed by atoms with Crippen LogP contribution in [0.3, 0.4) is 0 Å². The van der Waals surface area contributed by atoms with Crippen LogP contribution < -0.4 is 5.32 Å². The van der Waals surface area contributed by atoms with Crippen molar-refractivity contribution in [3.05, 3.63) is 38.4 Å². The molecule has 0 radical (unpaired) electrons. The van der Waals surface area contributed by atoms with Crippen LogP contribution in [0, 0.1) is 6.92 Å². The standard InChI is InChI=1S/C15H15Br2N3/c1-8-3-4-10(7-11(8)16)14-19-13(9-5-6-9)12(17)15(18-2)20-14/h3-4,7,9H,5-6H2,1-2H3,(H,18,19,20). The summed E-state index contributed by atoms with van der Waals surface area (Å²) in [5.74, 6) is 2.21. The second-order valence-electron chi connectivity index (χ2n) is 5.08. The van der Waals surface area contributed by atoms with Gasteiger partial charge in [-0.3, -0.25) is 0 Å². The van der Waals surface area contributed by atoms with Gasteiger partial charge in [0.15, 0.2) is 5.82 Å². The maximum Gasteiger partial charge on any atom is 0.161 e. The van der Waals surface area contributed by atoms with E-state index in [2.05, 4.69) is 67.3 Å². The number of rotatable bonds is 3. The molecule has 2 aromatic rings. The SMILES string of the molecule is CNc1nc(-c2ccc(C)c(Br)c2)nc(C2CC2)c1Br. The Labute approximate surface area is 135 Å². The van der Waals surface area contributed by atoms with Gasteiger partial charge in [-0.15, -0.1) is 0 Å². The van der Waals surface area contributed by atoms with Crippen molar-refractivity contribution in [3.63, 3.8) is 0 Å². The average molecular weight is 397 g/mol. The Hall–Kier alpha value is -0.940. The molecule has 0 saturated heterocycles. The first-order valence-corrected chi connectivity index (χ1v) is 8.20. The smallest absolute Gasteiger partial charge is 0.161 e. The molecule has 20 heavy (non-hydrogen) atoms. The van der Waals surface area contributed by atoms with Crippen LogP contribution in [-0.2, 0) is 0 Å². The lowest BCUT2D eigenvalue weighted by Gasteiger charge is -2.11. The van der Waals surface area contributed by atoms with Gasteiger partial charge in [0, 0.05) is 23.0 Å². The topological polar surface area (TPSA) is 37.8 Å². The fourth-order valence-electron chi connectivity index (χ4n) is 2.12. The molecular formula is C15H15Br2N3. The Bertz CT molecular complexity index is 666. The number of hydrogen-bond acceptors (Lipinski definition) is 3. The largest absolute Gasteiger partial charge is 0.372 e. The molecule has 5 heteroatoms. The molecule has 0 unspecified atom stereocenters. The molecule has 1 heterocycles. The lowest BCUT2D eigenvalue weighted by molar-refractivity contribution is 0.980. The van der Waals surface area contributed by atoms with E-state index in [1.54, 1.807) is 0 Å². The van der Waals surface area contributed by atoms with Gasteiger partial charge in [0.05, 0.1) is 10.2 Å². The molecule has 1 saturated carbocycles. The number of nitrogens with zero attached hydrogens (tertiary/aromatic N) is 2. The van der Waals surface area contributed by atoms with E-state index in [4.69, 9.17) is 4.98 Å². The molecule has 1 aromatic heterocycles. The van der Waals surface area contributed by atoms with Crippen LogP contribution in [0.15, 0.2) is 27.1 Å². The predicted octanol–water partition coefficient (Wildman–Crippen LogP) is 4.90. The Balaban J connectivity index is 2.12. The highest BCUT2D eigenvalue weighted by atomic mass is 79.9. The van der Waals surface area contributed by atoms with Crippen LogP contribution in [0.5, 0.6) is 0 Å². The molecular weight excluding hydrogens is 382 g/mol. The minimum absolute atomic E-state index is 0.576. The Morgan fingerprint density at radius 2 is 1.95 bits per heavy atom. The highest BCUT2D eigenvalue weighted by Gasteiger charge is 2.29. The molecule has 0 spiro atoms. The number of benzene rings is 1. The second kappa shape index (κ2) is 5.45. The molecule has 104 valence electrons. The molecule has 1 aromatic carbocycles. The number of nitrogens with one attached hydrogen (secondary N) is 1. The van der Waals surface area contributed by atoms with Gasteiger partial charge in [0.25, 0.3) is 0 Å². The van der Waals surface area contributed by atoms with Gasteiger partial charge in [-0.2, -0.15) is 0 Å². The zero-order chi connectivity index (χ0) is 14.3. The van der Waals surface area contributed by atoms with Gasteiger partial charge < -0.3 is 5.32 Å². The Kier molecular flexibility index (Phi) is 3.82. The van der Waals surface area contributed by atoms with Crippen LogP contribution in [0.1, 0.15) is 30.0 Å². The first kappa shape index (κ1) is 14.0. The van der Waals surface area contributed by atoms with Crippen molar-refractivity contribution >= 4 is 37.7 Å². The molecule has 1 aliphatic rings. The Morgan fingerprint density at radius 3 is 2.55 bits per heavy atom. The van der Waals surface area contributed by atoms with E-state index in [1.807, 2.05) is 7.05 Å². The summed E-state index contributed by atoms with van der Waals surface area (Å²) in [6, 6.07) is 6.23. The second-order valence-corrected chi connectivity index (χ2v) is 6.73. The molecule has 3 rings (SSSR count). The third kappa shape index (κ3) is 2.61. The number of aromatic nitrogens is 2. The van der Waals surface area contributed by atoms with E-state index in [0.29, 0.717) is 5.92 Å². The van der Waals surface area contributed by atoms with E-state index in [1.165, 1.54) is 18.4 Å². The average Bonchev–Trinajstić information content (AvgIpc) is 3.27. The monoisotopic (exact) mass is 395 g/mol. The molecule has 0 atom stereocenters. The summed E-state index contributed by atoms with van der Waals surface area (Å²) in [7, 11) is 1.89. The van der Waals surface area contributed by atoms with Crippen molar-refractivity contribution in [3.8, 4) is 11.4 Å². The fraction of sp³-hybridized carbons (Fsp3) is 0.333. The lowest BCUT2D eigenvalue weighted by Crippen LogP contribution is -2.02. The van der Waals surface area contributed by atoms with Gasteiger partial charge in [0.2, 0.25) is 0 Å². The highest BCUT2D eigenvalue weighted by Crippen LogP contribution is 2.44. The minimum Gasteiger partial charge on any atom is -0.372 e. The van der Waals surface area contributed by atoms with Crippen molar-refractivity contribution in [2.45, 2.75) is 25.7 Å². The third-order valence-corrected chi connectivity index (χ3v) is 5.14. The van der Waals surface area contributed by atoms with E-state index in [0.717, 1.165) is 31.8 Å². The van der Waals surface area contributed by atoms with Crippen molar-refractivity contribution in [2.75, 3.05) is 12.4 Å². The van der Waals surface area contributed by atoms with Crippen molar-refractivity contribution in [1.82, 2.24) is 9.97 Å². The third-order valence-electron chi connectivity index (χ3n) is 3.51. The van der Waals surface area contributed by atoms with E-state index in [9.17, 15) is 0 Å². The lowest BCUT2D eigenvalue weighted by atomic mass is 10.1. The predicted molar refractivity (Wildman–Crippen MR) is 89.1 cm³/mol. The molecule has 0 aliphatic heterocycles. The molecule has 0 amide bonds.